The molecule has 1 atom stereocenters. The second-order valence-electron chi connectivity index (χ2n) is 6.91. The van der Waals surface area contributed by atoms with Crippen LogP contribution in [0.15, 0.2) is 91.0 Å². The van der Waals surface area contributed by atoms with Gasteiger partial charge in [0, 0.05) is 0 Å². The van der Waals surface area contributed by atoms with Crippen LogP contribution in [-0.2, 0) is 0 Å². The first-order valence-electron chi connectivity index (χ1n) is 9.07. The minimum Gasteiger partial charge on any atom is -0.0626 e. The zero-order valence-electron chi connectivity index (χ0n) is 14.1. The van der Waals surface area contributed by atoms with Gasteiger partial charge in [-0.25, -0.2) is 0 Å². The van der Waals surface area contributed by atoms with Crippen LogP contribution < -0.4 is 10.4 Å². The Hall–Kier alpha value is -2.12. The summed E-state index contributed by atoms with van der Waals surface area (Å²) in [5.41, 5.74) is 2.22. The van der Waals surface area contributed by atoms with Crippen molar-refractivity contribution >= 4 is 18.4 Å². The summed E-state index contributed by atoms with van der Waals surface area (Å²) >= 11 is 0. The Kier molecular flexibility index (Phi) is 4.35. The fourth-order valence-corrected chi connectivity index (χ4v) is 10.5. The molecule has 1 heterocycles. The van der Waals surface area contributed by atoms with Crippen LogP contribution in [0, 0.1) is 0 Å². The molecule has 1 heteroatoms. The van der Waals surface area contributed by atoms with Crippen molar-refractivity contribution in [3.63, 3.8) is 0 Å². The topological polar surface area (TPSA) is 0 Å². The van der Waals surface area contributed by atoms with E-state index in [-0.39, 0.29) is 0 Å². The average molecular weight is 329 g/mol. The minimum atomic E-state index is -1.81. The normalized spacial score (nSPS) is 19.8. The molecule has 0 bridgehead atoms. The van der Waals surface area contributed by atoms with Crippen molar-refractivity contribution in [3.8, 4) is 0 Å². The summed E-state index contributed by atoms with van der Waals surface area (Å²) in [4.78, 5) is 0. The van der Waals surface area contributed by atoms with Gasteiger partial charge in [0.2, 0.25) is 0 Å². The van der Waals surface area contributed by atoms with Crippen LogP contribution in [-0.4, -0.2) is 8.07 Å². The van der Waals surface area contributed by atoms with E-state index in [1.807, 2.05) is 0 Å². The van der Waals surface area contributed by atoms with Crippen LogP contribution in [0.5, 0.6) is 0 Å². The molecule has 0 N–H and O–H groups in total. The van der Waals surface area contributed by atoms with Gasteiger partial charge in [-0.15, -0.1) is 0 Å². The van der Waals surface area contributed by atoms with Crippen molar-refractivity contribution in [1.29, 1.82) is 0 Å². The van der Waals surface area contributed by atoms with Gasteiger partial charge in [0.1, 0.15) is 8.07 Å². The fraction of sp³-hybridized carbons (Fsp3) is 0.217. The maximum absolute atomic E-state index is 2.39. The molecule has 0 spiro atoms. The molecule has 4 rings (SSSR count). The van der Waals surface area contributed by atoms with Crippen LogP contribution in [0.2, 0.25) is 6.04 Å². The van der Waals surface area contributed by atoms with E-state index in [1.54, 1.807) is 10.4 Å². The maximum atomic E-state index is 2.39. The van der Waals surface area contributed by atoms with Crippen LogP contribution >= 0.6 is 0 Å². The Balaban J connectivity index is 1.94. The van der Waals surface area contributed by atoms with Gasteiger partial charge < -0.3 is 0 Å². The lowest BCUT2D eigenvalue weighted by Gasteiger charge is -2.44. The molecule has 0 amide bonds. The Labute approximate surface area is 146 Å². The van der Waals surface area contributed by atoms with Crippen molar-refractivity contribution in [1.82, 2.24) is 0 Å². The number of rotatable bonds is 3. The summed E-state index contributed by atoms with van der Waals surface area (Å²) < 4.78 is 0. The number of hydrogen-bond acceptors (Lipinski definition) is 0. The summed E-state index contributed by atoms with van der Waals surface area (Å²) in [7, 11) is -1.81. The van der Waals surface area contributed by atoms with Gasteiger partial charge in [-0.05, 0) is 23.6 Å². The highest BCUT2D eigenvalue weighted by atomic mass is 28.3. The SMILES string of the molecule is c1ccc(C2CCCC[Si]2(c2ccccc2)c2ccccc2)cc1. The highest BCUT2D eigenvalue weighted by Crippen LogP contribution is 2.39. The van der Waals surface area contributed by atoms with E-state index < -0.39 is 8.07 Å². The Bertz CT molecular complexity index is 725. The van der Waals surface area contributed by atoms with E-state index >= 15 is 0 Å². The van der Waals surface area contributed by atoms with E-state index in [9.17, 15) is 0 Å². The number of hydrogen-bond donors (Lipinski definition) is 0. The van der Waals surface area contributed by atoms with E-state index in [0.29, 0.717) is 5.54 Å². The van der Waals surface area contributed by atoms with Crippen molar-refractivity contribution in [3.05, 3.63) is 96.6 Å². The van der Waals surface area contributed by atoms with Crippen LogP contribution in [0.1, 0.15) is 30.4 Å². The van der Waals surface area contributed by atoms with Gasteiger partial charge in [-0.1, -0.05) is 114 Å². The summed E-state index contributed by atoms with van der Waals surface area (Å²) in [6.45, 7) is 0. The summed E-state index contributed by atoms with van der Waals surface area (Å²) in [6.07, 6.45) is 4.04. The van der Waals surface area contributed by atoms with Crippen molar-refractivity contribution in [2.75, 3.05) is 0 Å². The van der Waals surface area contributed by atoms with Gasteiger partial charge >= 0.3 is 0 Å². The Morgan fingerprint density at radius 2 is 1.08 bits per heavy atom. The second-order valence-corrected chi connectivity index (χ2v) is 11.2. The third-order valence-electron chi connectivity index (χ3n) is 5.69. The van der Waals surface area contributed by atoms with Gasteiger partial charge in [0.25, 0.3) is 0 Å². The number of benzene rings is 3. The Morgan fingerprint density at radius 3 is 1.62 bits per heavy atom. The van der Waals surface area contributed by atoms with Crippen LogP contribution in [0.4, 0.5) is 0 Å². The highest BCUT2D eigenvalue weighted by molar-refractivity contribution is 7.03. The van der Waals surface area contributed by atoms with Crippen LogP contribution in [0.25, 0.3) is 0 Å². The second kappa shape index (κ2) is 6.78. The van der Waals surface area contributed by atoms with Gasteiger partial charge in [0.15, 0.2) is 0 Å². The molecule has 0 radical (unpaired) electrons. The molecule has 0 aliphatic carbocycles. The predicted molar refractivity (Wildman–Crippen MR) is 106 cm³/mol. The van der Waals surface area contributed by atoms with E-state index in [1.165, 1.54) is 30.9 Å². The van der Waals surface area contributed by atoms with Crippen molar-refractivity contribution in [2.45, 2.75) is 30.8 Å². The summed E-state index contributed by atoms with van der Waals surface area (Å²) in [5, 5.41) is 3.20. The molecule has 0 nitrogen and oxygen atoms in total. The average Bonchev–Trinajstić information content (AvgIpc) is 2.70. The third-order valence-corrected chi connectivity index (χ3v) is 11.4. The molecule has 1 fully saturated rings. The zero-order chi connectivity index (χ0) is 16.2. The monoisotopic (exact) mass is 328 g/mol. The minimum absolute atomic E-state index is 0.678. The molecule has 1 saturated heterocycles. The molecule has 24 heavy (non-hydrogen) atoms. The standard InChI is InChI=1S/C23H24Si/c1-4-12-20(13-5-1)23-18-10-11-19-24(23,21-14-6-2-7-15-21)22-16-8-3-9-17-22/h1-9,12-17,23H,10-11,18-19H2. The lowest BCUT2D eigenvalue weighted by atomic mass is 10.1. The Morgan fingerprint density at radius 1 is 0.583 bits per heavy atom. The smallest absolute Gasteiger partial charge is 0.0626 e. The summed E-state index contributed by atoms with van der Waals surface area (Å²) in [5.74, 6) is 0. The van der Waals surface area contributed by atoms with E-state index in [0.717, 1.165) is 0 Å². The summed E-state index contributed by atoms with van der Waals surface area (Å²) in [6, 6.07) is 35.4. The molecular weight excluding hydrogens is 304 g/mol. The molecule has 120 valence electrons. The molecular formula is C23H24Si. The first-order valence-corrected chi connectivity index (χ1v) is 11.4. The molecule has 0 aromatic heterocycles. The fourth-order valence-electron chi connectivity index (χ4n) is 4.64. The zero-order valence-corrected chi connectivity index (χ0v) is 15.1. The van der Waals surface area contributed by atoms with Crippen LogP contribution in [0.3, 0.4) is 0 Å². The van der Waals surface area contributed by atoms with Gasteiger partial charge in [0.05, 0.1) is 0 Å². The maximum Gasteiger partial charge on any atom is 0.125 e. The molecule has 3 aromatic rings. The van der Waals surface area contributed by atoms with E-state index in [2.05, 4.69) is 91.0 Å². The quantitative estimate of drug-likeness (QED) is 0.608. The van der Waals surface area contributed by atoms with Gasteiger partial charge in [-0.2, -0.15) is 0 Å². The third kappa shape index (κ3) is 2.63. The largest absolute Gasteiger partial charge is 0.125 e. The van der Waals surface area contributed by atoms with E-state index in [4.69, 9.17) is 0 Å². The first kappa shape index (κ1) is 15.4. The van der Waals surface area contributed by atoms with Gasteiger partial charge in [-0.3, -0.25) is 0 Å². The molecule has 1 unspecified atom stereocenters. The molecule has 1 aliphatic rings. The molecule has 3 aromatic carbocycles. The van der Waals surface area contributed by atoms with Crippen molar-refractivity contribution < 1.29 is 0 Å². The van der Waals surface area contributed by atoms with Crippen molar-refractivity contribution in [2.24, 2.45) is 0 Å². The first-order chi connectivity index (χ1) is 11.9. The lowest BCUT2D eigenvalue weighted by molar-refractivity contribution is 0.642. The predicted octanol–water partition coefficient (Wildman–Crippen LogP) is 4.76. The molecule has 1 aliphatic heterocycles. The highest BCUT2D eigenvalue weighted by Gasteiger charge is 2.46. The lowest BCUT2D eigenvalue weighted by Crippen LogP contribution is -2.63. The molecule has 0 saturated carbocycles.